The number of carbonyl (C=O) groups is 1. The number of nitrogens with zero attached hydrogens (tertiary/aromatic N) is 2. The van der Waals surface area contributed by atoms with Crippen molar-refractivity contribution in [1.29, 1.82) is 0 Å². The average molecular weight is 251 g/mol. The fraction of sp³-hybridized carbons (Fsp3) is 0.929. The first-order valence-corrected chi connectivity index (χ1v) is 7.36. The van der Waals surface area contributed by atoms with E-state index in [0.29, 0.717) is 17.9 Å². The summed E-state index contributed by atoms with van der Waals surface area (Å²) in [4.78, 5) is 17.2. The monoisotopic (exact) mass is 251 g/mol. The fourth-order valence-corrected chi connectivity index (χ4v) is 3.76. The Morgan fingerprint density at radius 1 is 1.44 bits per heavy atom. The number of rotatable bonds is 2. The third-order valence-corrected chi connectivity index (χ3v) is 4.98. The molecule has 18 heavy (non-hydrogen) atoms. The van der Waals surface area contributed by atoms with Gasteiger partial charge in [-0.25, -0.2) is 0 Å². The van der Waals surface area contributed by atoms with Gasteiger partial charge in [-0.1, -0.05) is 13.8 Å². The molecule has 102 valence electrons. The lowest BCUT2D eigenvalue weighted by molar-refractivity contribution is -0.135. The summed E-state index contributed by atoms with van der Waals surface area (Å²) >= 11 is 0. The summed E-state index contributed by atoms with van der Waals surface area (Å²) < 4.78 is 0. The van der Waals surface area contributed by atoms with Crippen molar-refractivity contribution in [3.05, 3.63) is 0 Å². The number of hydrogen-bond acceptors (Lipinski definition) is 3. The predicted octanol–water partition coefficient (Wildman–Crippen LogP) is 1.03. The van der Waals surface area contributed by atoms with Gasteiger partial charge in [0.2, 0.25) is 5.91 Å². The van der Waals surface area contributed by atoms with E-state index in [1.807, 2.05) is 0 Å². The van der Waals surface area contributed by atoms with E-state index in [2.05, 4.69) is 36.0 Å². The zero-order valence-corrected chi connectivity index (χ0v) is 11.8. The lowest BCUT2D eigenvalue weighted by Crippen LogP contribution is -2.53. The summed E-state index contributed by atoms with van der Waals surface area (Å²) in [6, 6.07) is 0.436. The molecule has 3 aliphatic rings. The fourth-order valence-electron chi connectivity index (χ4n) is 3.76. The molecule has 3 atom stereocenters. The number of hydrogen-bond donors (Lipinski definition) is 1. The topological polar surface area (TPSA) is 35.6 Å². The highest BCUT2D eigenvalue weighted by atomic mass is 16.2. The molecule has 3 unspecified atom stereocenters. The van der Waals surface area contributed by atoms with Crippen LogP contribution in [0.1, 0.15) is 39.5 Å². The Hall–Kier alpha value is -0.610. The zero-order chi connectivity index (χ0) is 12.9. The van der Waals surface area contributed by atoms with E-state index in [4.69, 9.17) is 0 Å². The summed E-state index contributed by atoms with van der Waals surface area (Å²) in [5.74, 6) is 0.966. The highest BCUT2D eigenvalue weighted by Crippen LogP contribution is 2.44. The average Bonchev–Trinajstić information content (AvgIpc) is 3.05. The Bertz CT molecular complexity index is 353. The summed E-state index contributed by atoms with van der Waals surface area (Å²) in [5.41, 5.74) is -0.149. The maximum absolute atomic E-state index is 12.6. The van der Waals surface area contributed by atoms with Gasteiger partial charge in [0, 0.05) is 12.6 Å². The van der Waals surface area contributed by atoms with Crippen molar-refractivity contribution in [2.45, 2.75) is 57.3 Å². The SMILES string of the molecule is CCC1NC2(CC2)C(=O)N1C1CCN(C)CC1C. The van der Waals surface area contributed by atoms with Crippen LogP contribution in [0.3, 0.4) is 0 Å². The number of amides is 1. The second kappa shape index (κ2) is 4.20. The van der Waals surface area contributed by atoms with E-state index in [9.17, 15) is 4.79 Å². The van der Waals surface area contributed by atoms with Crippen LogP contribution in [0.15, 0.2) is 0 Å². The first-order valence-electron chi connectivity index (χ1n) is 7.36. The standard InChI is InChI=1S/C14H25N3O/c1-4-12-15-14(6-7-14)13(18)17(12)11-5-8-16(3)9-10(11)2/h10-12,15H,4-9H2,1-3H3. The quantitative estimate of drug-likeness (QED) is 0.796. The molecule has 0 radical (unpaired) electrons. The van der Waals surface area contributed by atoms with Gasteiger partial charge in [-0.15, -0.1) is 0 Å². The van der Waals surface area contributed by atoms with Crippen LogP contribution in [-0.4, -0.2) is 53.6 Å². The van der Waals surface area contributed by atoms with Crippen LogP contribution in [0.5, 0.6) is 0 Å². The summed E-state index contributed by atoms with van der Waals surface area (Å²) in [6.45, 7) is 6.69. The van der Waals surface area contributed by atoms with Gasteiger partial charge in [0.05, 0.1) is 11.7 Å². The lowest BCUT2D eigenvalue weighted by atomic mass is 9.92. The molecule has 2 saturated heterocycles. The molecule has 1 saturated carbocycles. The number of carbonyl (C=O) groups excluding carboxylic acids is 1. The second-order valence-corrected chi connectivity index (χ2v) is 6.46. The maximum Gasteiger partial charge on any atom is 0.244 e. The molecule has 2 aliphatic heterocycles. The number of piperidine rings is 1. The van der Waals surface area contributed by atoms with E-state index in [0.717, 1.165) is 38.8 Å². The molecule has 1 amide bonds. The van der Waals surface area contributed by atoms with Crippen molar-refractivity contribution in [3.63, 3.8) is 0 Å². The summed E-state index contributed by atoms with van der Waals surface area (Å²) in [6.07, 6.45) is 4.50. The second-order valence-electron chi connectivity index (χ2n) is 6.46. The van der Waals surface area contributed by atoms with Crippen LogP contribution in [-0.2, 0) is 4.79 Å². The summed E-state index contributed by atoms with van der Waals surface area (Å²) in [7, 11) is 2.18. The van der Waals surface area contributed by atoms with Crippen molar-refractivity contribution in [2.75, 3.05) is 20.1 Å². The molecule has 0 aromatic carbocycles. The molecule has 3 rings (SSSR count). The molecule has 2 heterocycles. The van der Waals surface area contributed by atoms with Gasteiger partial charge in [-0.3, -0.25) is 10.1 Å². The largest absolute Gasteiger partial charge is 0.322 e. The Morgan fingerprint density at radius 2 is 2.17 bits per heavy atom. The molecule has 0 aromatic heterocycles. The molecule has 1 aliphatic carbocycles. The van der Waals surface area contributed by atoms with E-state index >= 15 is 0 Å². The zero-order valence-electron chi connectivity index (χ0n) is 11.8. The van der Waals surface area contributed by atoms with E-state index < -0.39 is 0 Å². The van der Waals surface area contributed by atoms with Gasteiger partial charge in [-0.2, -0.15) is 0 Å². The van der Waals surface area contributed by atoms with Gasteiger partial charge in [0.1, 0.15) is 0 Å². The molecule has 1 spiro atoms. The number of nitrogens with one attached hydrogen (secondary N) is 1. The predicted molar refractivity (Wildman–Crippen MR) is 71.1 cm³/mol. The van der Waals surface area contributed by atoms with Crippen LogP contribution in [0.4, 0.5) is 0 Å². The van der Waals surface area contributed by atoms with E-state index in [1.54, 1.807) is 0 Å². The van der Waals surface area contributed by atoms with Crippen LogP contribution in [0.25, 0.3) is 0 Å². The molecular formula is C14H25N3O. The van der Waals surface area contributed by atoms with Crippen LogP contribution >= 0.6 is 0 Å². The first kappa shape index (κ1) is 12.4. The molecule has 0 aromatic rings. The van der Waals surface area contributed by atoms with Crippen LogP contribution < -0.4 is 5.32 Å². The van der Waals surface area contributed by atoms with Crippen LogP contribution in [0, 0.1) is 5.92 Å². The Labute approximate surface area is 110 Å². The highest BCUT2D eigenvalue weighted by molar-refractivity contribution is 5.92. The Morgan fingerprint density at radius 3 is 2.72 bits per heavy atom. The van der Waals surface area contributed by atoms with Gasteiger partial charge in [0.15, 0.2) is 0 Å². The molecule has 4 heteroatoms. The smallest absolute Gasteiger partial charge is 0.244 e. The van der Waals surface area contributed by atoms with E-state index in [-0.39, 0.29) is 11.7 Å². The molecule has 4 nitrogen and oxygen atoms in total. The summed E-state index contributed by atoms with van der Waals surface area (Å²) in [5, 5.41) is 3.58. The van der Waals surface area contributed by atoms with Crippen molar-refractivity contribution in [2.24, 2.45) is 5.92 Å². The minimum Gasteiger partial charge on any atom is -0.322 e. The highest BCUT2D eigenvalue weighted by Gasteiger charge is 2.60. The van der Waals surface area contributed by atoms with Gasteiger partial charge in [0.25, 0.3) is 0 Å². The minimum atomic E-state index is -0.149. The van der Waals surface area contributed by atoms with Gasteiger partial charge in [-0.05, 0) is 45.2 Å². The molecular weight excluding hydrogens is 226 g/mol. The van der Waals surface area contributed by atoms with Crippen molar-refractivity contribution < 1.29 is 4.79 Å². The molecule has 3 fully saturated rings. The third-order valence-electron chi connectivity index (χ3n) is 4.98. The van der Waals surface area contributed by atoms with Crippen molar-refractivity contribution in [1.82, 2.24) is 15.1 Å². The first-order chi connectivity index (χ1) is 8.57. The Balaban J connectivity index is 1.79. The maximum atomic E-state index is 12.6. The minimum absolute atomic E-state index is 0.149. The normalized spacial score (nSPS) is 39.6. The number of likely N-dealkylation sites (tertiary alicyclic amines) is 1. The van der Waals surface area contributed by atoms with Crippen molar-refractivity contribution >= 4 is 5.91 Å². The van der Waals surface area contributed by atoms with Crippen molar-refractivity contribution in [3.8, 4) is 0 Å². The third kappa shape index (κ3) is 1.77. The molecule has 0 bridgehead atoms. The van der Waals surface area contributed by atoms with E-state index in [1.165, 1.54) is 0 Å². The van der Waals surface area contributed by atoms with Gasteiger partial charge >= 0.3 is 0 Å². The molecule has 1 N–H and O–H groups in total. The van der Waals surface area contributed by atoms with Gasteiger partial charge < -0.3 is 9.80 Å². The Kier molecular flexibility index (Phi) is 2.90. The lowest BCUT2D eigenvalue weighted by Gasteiger charge is -2.42. The van der Waals surface area contributed by atoms with Crippen LogP contribution in [0.2, 0.25) is 0 Å².